The number of carboxylic acids is 1. The Labute approximate surface area is 111 Å². The first kappa shape index (κ1) is 13.9. The van der Waals surface area contributed by atoms with E-state index < -0.39 is 5.97 Å². The van der Waals surface area contributed by atoms with Gasteiger partial charge in [0.25, 0.3) is 0 Å². The van der Waals surface area contributed by atoms with E-state index in [9.17, 15) is 9.90 Å². The largest absolute Gasteiger partial charge is 0.480 e. The van der Waals surface area contributed by atoms with Gasteiger partial charge in [0.2, 0.25) is 0 Å². The fourth-order valence-corrected chi connectivity index (χ4v) is 3.76. The molecule has 1 saturated carbocycles. The van der Waals surface area contributed by atoms with Gasteiger partial charge in [0.05, 0.1) is 0 Å². The lowest BCUT2D eigenvalue weighted by Crippen LogP contribution is -2.51. The molecule has 1 aliphatic heterocycles. The van der Waals surface area contributed by atoms with Crippen molar-refractivity contribution in [1.82, 2.24) is 4.90 Å². The average Bonchev–Trinajstić information content (AvgIpc) is 2.39. The van der Waals surface area contributed by atoms with E-state index in [0.29, 0.717) is 6.04 Å². The Balaban J connectivity index is 2.01. The van der Waals surface area contributed by atoms with E-state index in [-0.39, 0.29) is 6.04 Å². The lowest BCUT2D eigenvalue weighted by Gasteiger charge is -2.43. The molecule has 0 aromatic carbocycles. The quantitative estimate of drug-likeness (QED) is 0.840. The van der Waals surface area contributed by atoms with Crippen LogP contribution in [0, 0.1) is 11.8 Å². The topological polar surface area (TPSA) is 40.5 Å². The number of rotatable bonds is 3. The molecular weight excluding hydrogens is 226 g/mol. The van der Waals surface area contributed by atoms with Gasteiger partial charge in [-0.15, -0.1) is 0 Å². The molecule has 3 atom stereocenters. The van der Waals surface area contributed by atoms with Crippen molar-refractivity contribution >= 4 is 5.97 Å². The zero-order valence-corrected chi connectivity index (χ0v) is 11.8. The molecule has 1 heterocycles. The van der Waals surface area contributed by atoms with E-state index in [2.05, 4.69) is 18.7 Å². The predicted molar refractivity (Wildman–Crippen MR) is 72.6 cm³/mol. The maximum Gasteiger partial charge on any atom is 0.320 e. The molecule has 18 heavy (non-hydrogen) atoms. The monoisotopic (exact) mass is 253 g/mol. The summed E-state index contributed by atoms with van der Waals surface area (Å²) in [6.07, 6.45) is 8.11. The summed E-state index contributed by atoms with van der Waals surface area (Å²) >= 11 is 0. The second kappa shape index (κ2) is 6.05. The Hall–Kier alpha value is -0.570. The molecule has 3 unspecified atom stereocenters. The van der Waals surface area contributed by atoms with Crippen molar-refractivity contribution in [1.29, 1.82) is 0 Å². The van der Waals surface area contributed by atoms with Crippen LogP contribution >= 0.6 is 0 Å². The van der Waals surface area contributed by atoms with Crippen molar-refractivity contribution in [2.45, 2.75) is 70.9 Å². The van der Waals surface area contributed by atoms with Crippen molar-refractivity contribution in [3.63, 3.8) is 0 Å². The highest BCUT2D eigenvalue weighted by Gasteiger charge is 2.36. The second-order valence-corrected chi connectivity index (χ2v) is 6.41. The number of carbonyl (C=O) groups is 1. The summed E-state index contributed by atoms with van der Waals surface area (Å²) in [5.41, 5.74) is 0. The van der Waals surface area contributed by atoms with E-state index in [0.717, 1.165) is 31.2 Å². The molecule has 2 rings (SSSR count). The number of nitrogens with zero attached hydrogens (tertiary/aromatic N) is 1. The molecule has 104 valence electrons. The molecule has 3 heteroatoms. The predicted octanol–water partition coefficient (Wildman–Crippen LogP) is 3.14. The zero-order chi connectivity index (χ0) is 13.1. The maximum absolute atomic E-state index is 11.4. The van der Waals surface area contributed by atoms with E-state index in [1.807, 2.05) is 0 Å². The molecule has 0 bridgehead atoms. The highest BCUT2D eigenvalue weighted by atomic mass is 16.4. The number of hydrogen-bond acceptors (Lipinski definition) is 2. The van der Waals surface area contributed by atoms with Crippen LogP contribution in [0.1, 0.15) is 58.8 Å². The third-order valence-corrected chi connectivity index (χ3v) is 4.93. The summed E-state index contributed by atoms with van der Waals surface area (Å²) in [5.74, 6) is 0.919. The third-order valence-electron chi connectivity index (χ3n) is 4.93. The van der Waals surface area contributed by atoms with Gasteiger partial charge >= 0.3 is 5.97 Å². The normalized spacial score (nSPS) is 34.7. The van der Waals surface area contributed by atoms with Crippen molar-refractivity contribution in [3.05, 3.63) is 0 Å². The van der Waals surface area contributed by atoms with E-state index in [1.54, 1.807) is 0 Å². The second-order valence-electron chi connectivity index (χ2n) is 6.41. The molecular formula is C15H27NO2. The summed E-state index contributed by atoms with van der Waals surface area (Å²) in [6.45, 7) is 5.60. The average molecular weight is 253 g/mol. The minimum absolute atomic E-state index is 0.213. The van der Waals surface area contributed by atoms with Crippen molar-refractivity contribution in [2.75, 3.05) is 6.54 Å². The SMILES string of the molecule is CC(C)C1CCCC(N2CCCCC2C(=O)O)C1. The smallest absolute Gasteiger partial charge is 0.320 e. The van der Waals surface area contributed by atoms with Gasteiger partial charge < -0.3 is 5.11 Å². The van der Waals surface area contributed by atoms with Crippen LogP contribution in [-0.2, 0) is 4.79 Å². The highest BCUT2D eigenvalue weighted by Crippen LogP contribution is 2.35. The number of piperidine rings is 1. The Morgan fingerprint density at radius 3 is 2.61 bits per heavy atom. The minimum atomic E-state index is -0.610. The molecule has 3 nitrogen and oxygen atoms in total. The van der Waals surface area contributed by atoms with Gasteiger partial charge in [0, 0.05) is 6.04 Å². The van der Waals surface area contributed by atoms with E-state index in [4.69, 9.17) is 0 Å². The van der Waals surface area contributed by atoms with Crippen LogP contribution in [0.2, 0.25) is 0 Å². The standard InChI is InChI=1S/C15H27NO2/c1-11(2)12-6-5-7-13(10-12)16-9-4-3-8-14(16)15(17)18/h11-14H,3-10H2,1-2H3,(H,17,18). The third kappa shape index (κ3) is 3.05. The first-order chi connectivity index (χ1) is 8.59. The molecule has 2 aliphatic rings. The van der Waals surface area contributed by atoms with Crippen molar-refractivity contribution in [3.8, 4) is 0 Å². The molecule has 1 aliphatic carbocycles. The summed E-state index contributed by atoms with van der Waals surface area (Å²) in [4.78, 5) is 13.7. The van der Waals surface area contributed by atoms with Crippen LogP contribution in [0.25, 0.3) is 0 Å². The van der Waals surface area contributed by atoms with Crippen LogP contribution in [-0.4, -0.2) is 34.6 Å². The summed E-state index contributed by atoms with van der Waals surface area (Å²) in [6, 6.07) is 0.308. The van der Waals surface area contributed by atoms with Crippen LogP contribution < -0.4 is 0 Å². The van der Waals surface area contributed by atoms with Crippen LogP contribution in [0.4, 0.5) is 0 Å². The molecule has 2 fully saturated rings. The van der Waals surface area contributed by atoms with Crippen LogP contribution in [0.5, 0.6) is 0 Å². The Kier molecular flexibility index (Phi) is 4.66. The molecule has 0 aromatic rings. The maximum atomic E-state index is 11.4. The summed E-state index contributed by atoms with van der Waals surface area (Å²) < 4.78 is 0. The molecule has 1 N–H and O–H groups in total. The fraction of sp³-hybridized carbons (Fsp3) is 0.933. The lowest BCUT2D eigenvalue weighted by molar-refractivity contribution is -0.146. The molecule has 0 radical (unpaired) electrons. The van der Waals surface area contributed by atoms with Crippen LogP contribution in [0.15, 0.2) is 0 Å². The Morgan fingerprint density at radius 1 is 1.17 bits per heavy atom. The van der Waals surface area contributed by atoms with Gasteiger partial charge in [0.15, 0.2) is 0 Å². The van der Waals surface area contributed by atoms with Gasteiger partial charge in [-0.25, -0.2) is 0 Å². The highest BCUT2D eigenvalue weighted by molar-refractivity contribution is 5.73. The van der Waals surface area contributed by atoms with E-state index >= 15 is 0 Å². The van der Waals surface area contributed by atoms with Gasteiger partial charge in [-0.2, -0.15) is 0 Å². The van der Waals surface area contributed by atoms with E-state index in [1.165, 1.54) is 32.1 Å². The van der Waals surface area contributed by atoms with Gasteiger partial charge in [-0.05, 0) is 44.1 Å². The Morgan fingerprint density at radius 2 is 1.94 bits per heavy atom. The van der Waals surface area contributed by atoms with Crippen LogP contribution in [0.3, 0.4) is 0 Å². The summed E-state index contributed by atoms with van der Waals surface area (Å²) in [5, 5.41) is 9.37. The summed E-state index contributed by atoms with van der Waals surface area (Å²) in [7, 11) is 0. The van der Waals surface area contributed by atoms with Crippen molar-refractivity contribution in [2.24, 2.45) is 11.8 Å². The first-order valence-electron chi connectivity index (χ1n) is 7.58. The van der Waals surface area contributed by atoms with Gasteiger partial charge in [-0.3, -0.25) is 9.69 Å². The number of carboxylic acid groups (broad SMARTS) is 1. The van der Waals surface area contributed by atoms with Gasteiger partial charge in [-0.1, -0.05) is 33.1 Å². The minimum Gasteiger partial charge on any atom is -0.480 e. The zero-order valence-electron chi connectivity index (χ0n) is 11.8. The molecule has 1 saturated heterocycles. The molecule has 0 spiro atoms. The number of likely N-dealkylation sites (tertiary alicyclic amines) is 1. The fourth-order valence-electron chi connectivity index (χ4n) is 3.76. The van der Waals surface area contributed by atoms with Gasteiger partial charge in [0.1, 0.15) is 6.04 Å². The molecule has 0 aromatic heterocycles. The van der Waals surface area contributed by atoms with Crippen molar-refractivity contribution < 1.29 is 9.90 Å². The first-order valence-corrected chi connectivity index (χ1v) is 7.58. The number of aliphatic carboxylic acids is 1. The molecule has 0 amide bonds. The lowest BCUT2D eigenvalue weighted by atomic mass is 9.78. The number of hydrogen-bond donors (Lipinski definition) is 1. The Bertz CT molecular complexity index is 290.